The van der Waals surface area contributed by atoms with Gasteiger partial charge in [0.2, 0.25) is 0 Å². The smallest absolute Gasteiger partial charge is 0.0807 e. The molecule has 90 valence electrons. The molecule has 1 heterocycles. The quantitative estimate of drug-likeness (QED) is 0.762. The van der Waals surface area contributed by atoms with Crippen LogP contribution in [0.2, 0.25) is 0 Å². The molecule has 2 N–H and O–H groups in total. The van der Waals surface area contributed by atoms with Crippen molar-refractivity contribution >= 4 is 0 Å². The Hall–Kier alpha value is -0.120. The summed E-state index contributed by atoms with van der Waals surface area (Å²) in [6.07, 6.45) is 4.51. The van der Waals surface area contributed by atoms with Crippen molar-refractivity contribution in [3.05, 3.63) is 0 Å². The van der Waals surface area contributed by atoms with E-state index < -0.39 is 0 Å². The van der Waals surface area contributed by atoms with Crippen LogP contribution in [-0.4, -0.2) is 32.0 Å². The van der Waals surface area contributed by atoms with Crippen molar-refractivity contribution in [3.8, 4) is 0 Å². The van der Waals surface area contributed by atoms with Crippen LogP contribution in [0.4, 0.5) is 0 Å². The van der Waals surface area contributed by atoms with Crippen LogP contribution >= 0.6 is 0 Å². The summed E-state index contributed by atoms with van der Waals surface area (Å²) in [6.45, 7) is 5.99. The third-order valence-electron chi connectivity index (χ3n) is 3.59. The molecule has 0 aromatic rings. The summed E-state index contributed by atoms with van der Waals surface area (Å²) in [6, 6.07) is 0.118. The molecule has 0 saturated carbocycles. The highest BCUT2D eigenvalue weighted by Gasteiger charge is 2.37. The minimum absolute atomic E-state index is 0.118. The second-order valence-electron chi connectivity index (χ2n) is 4.90. The van der Waals surface area contributed by atoms with Crippen LogP contribution in [0.5, 0.6) is 0 Å². The van der Waals surface area contributed by atoms with Crippen LogP contribution in [0.3, 0.4) is 0 Å². The minimum Gasteiger partial charge on any atom is -0.385 e. The molecule has 0 aromatic carbocycles. The van der Waals surface area contributed by atoms with E-state index in [-0.39, 0.29) is 11.6 Å². The average molecular weight is 215 g/mol. The molecule has 0 aromatic heterocycles. The van der Waals surface area contributed by atoms with Crippen molar-refractivity contribution in [2.24, 2.45) is 11.7 Å². The molecule has 3 nitrogen and oxygen atoms in total. The maximum Gasteiger partial charge on any atom is 0.0807 e. The second-order valence-corrected chi connectivity index (χ2v) is 4.90. The van der Waals surface area contributed by atoms with E-state index in [2.05, 4.69) is 13.8 Å². The van der Waals surface area contributed by atoms with Crippen molar-refractivity contribution in [1.29, 1.82) is 0 Å². The maximum atomic E-state index is 6.29. The number of ether oxygens (including phenoxy) is 2. The second kappa shape index (κ2) is 5.83. The lowest BCUT2D eigenvalue weighted by Gasteiger charge is -2.41. The summed E-state index contributed by atoms with van der Waals surface area (Å²) in [5.41, 5.74) is 6.17. The van der Waals surface area contributed by atoms with E-state index in [4.69, 9.17) is 15.2 Å². The fourth-order valence-electron chi connectivity index (χ4n) is 2.30. The number of hydrogen-bond acceptors (Lipinski definition) is 3. The Labute approximate surface area is 93.3 Å². The normalized spacial score (nSPS) is 31.2. The van der Waals surface area contributed by atoms with E-state index in [1.165, 1.54) is 12.8 Å². The van der Waals surface area contributed by atoms with Gasteiger partial charge in [0.15, 0.2) is 0 Å². The summed E-state index contributed by atoms with van der Waals surface area (Å²) in [7, 11) is 1.73. The molecule has 3 atom stereocenters. The van der Waals surface area contributed by atoms with Gasteiger partial charge in [0.1, 0.15) is 0 Å². The highest BCUT2D eigenvalue weighted by Crippen LogP contribution is 2.30. The molecular formula is C12H25NO2. The first-order valence-electron chi connectivity index (χ1n) is 5.98. The largest absolute Gasteiger partial charge is 0.385 e. The Kier molecular flexibility index (Phi) is 5.03. The monoisotopic (exact) mass is 215 g/mol. The zero-order chi connectivity index (χ0) is 11.3. The number of nitrogens with two attached hydrogens (primary N) is 1. The van der Waals surface area contributed by atoms with Gasteiger partial charge in [-0.25, -0.2) is 0 Å². The predicted octanol–water partition coefficient (Wildman–Crippen LogP) is 1.95. The fourth-order valence-corrected chi connectivity index (χ4v) is 2.30. The lowest BCUT2D eigenvalue weighted by Crippen LogP contribution is -2.53. The molecule has 1 fully saturated rings. The summed E-state index contributed by atoms with van der Waals surface area (Å²) in [5.74, 6) is 0.452. The Morgan fingerprint density at radius 3 is 2.73 bits per heavy atom. The fraction of sp³-hybridized carbons (Fsp3) is 1.00. The van der Waals surface area contributed by atoms with Gasteiger partial charge in [-0.05, 0) is 38.5 Å². The number of rotatable bonds is 5. The van der Waals surface area contributed by atoms with Crippen LogP contribution in [-0.2, 0) is 9.47 Å². The van der Waals surface area contributed by atoms with E-state index in [1.54, 1.807) is 7.11 Å². The Balaban J connectivity index is 2.45. The summed E-state index contributed by atoms with van der Waals surface area (Å²) in [4.78, 5) is 0. The Morgan fingerprint density at radius 1 is 1.47 bits per heavy atom. The molecule has 1 aliphatic heterocycles. The van der Waals surface area contributed by atoms with Gasteiger partial charge in [-0.2, -0.15) is 0 Å². The predicted molar refractivity (Wildman–Crippen MR) is 61.8 cm³/mol. The van der Waals surface area contributed by atoms with Gasteiger partial charge in [-0.15, -0.1) is 0 Å². The SMILES string of the molecule is COCCC(C)C(N)C1(C)CCCCO1. The lowest BCUT2D eigenvalue weighted by atomic mass is 9.81. The van der Waals surface area contributed by atoms with Gasteiger partial charge in [0, 0.05) is 26.4 Å². The molecule has 15 heavy (non-hydrogen) atoms. The van der Waals surface area contributed by atoms with Crippen molar-refractivity contribution in [2.75, 3.05) is 20.3 Å². The van der Waals surface area contributed by atoms with Crippen LogP contribution in [0.1, 0.15) is 39.5 Å². The Morgan fingerprint density at radius 2 is 2.20 bits per heavy atom. The van der Waals surface area contributed by atoms with Gasteiger partial charge in [-0.1, -0.05) is 6.92 Å². The highest BCUT2D eigenvalue weighted by atomic mass is 16.5. The molecular weight excluding hydrogens is 190 g/mol. The first-order valence-corrected chi connectivity index (χ1v) is 5.98. The van der Waals surface area contributed by atoms with Gasteiger partial charge in [0.25, 0.3) is 0 Å². The molecule has 0 radical (unpaired) electrons. The molecule has 0 bridgehead atoms. The molecule has 1 saturated heterocycles. The van der Waals surface area contributed by atoms with Crippen LogP contribution in [0.15, 0.2) is 0 Å². The number of hydrogen-bond donors (Lipinski definition) is 1. The number of methoxy groups -OCH3 is 1. The summed E-state index contributed by atoms with van der Waals surface area (Å²) >= 11 is 0. The van der Waals surface area contributed by atoms with E-state index in [9.17, 15) is 0 Å². The van der Waals surface area contributed by atoms with Gasteiger partial charge >= 0.3 is 0 Å². The third kappa shape index (κ3) is 3.44. The molecule has 1 rings (SSSR count). The molecule has 1 aliphatic rings. The van der Waals surface area contributed by atoms with E-state index in [0.717, 1.165) is 26.1 Å². The Bertz CT molecular complexity index is 178. The van der Waals surface area contributed by atoms with Crippen molar-refractivity contribution in [1.82, 2.24) is 0 Å². The average Bonchev–Trinajstić information content (AvgIpc) is 2.26. The molecule has 3 heteroatoms. The first kappa shape index (κ1) is 12.9. The molecule has 3 unspecified atom stereocenters. The minimum atomic E-state index is -0.120. The highest BCUT2D eigenvalue weighted by molar-refractivity contribution is 4.92. The zero-order valence-electron chi connectivity index (χ0n) is 10.3. The van der Waals surface area contributed by atoms with Crippen LogP contribution in [0.25, 0.3) is 0 Å². The van der Waals surface area contributed by atoms with Crippen molar-refractivity contribution < 1.29 is 9.47 Å². The van der Waals surface area contributed by atoms with E-state index in [1.807, 2.05) is 0 Å². The van der Waals surface area contributed by atoms with Gasteiger partial charge in [-0.3, -0.25) is 0 Å². The standard InChI is InChI=1S/C12H25NO2/c1-10(6-9-14-3)11(13)12(2)7-4-5-8-15-12/h10-11H,4-9,13H2,1-3H3. The van der Waals surface area contributed by atoms with Crippen molar-refractivity contribution in [2.45, 2.75) is 51.2 Å². The summed E-state index contributed by atoms with van der Waals surface area (Å²) < 4.78 is 10.9. The van der Waals surface area contributed by atoms with E-state index in [0.29, 0.717) is 5.92 Å². The summed E-state index contributed by atoms with van der Waals surface area (Å²) in [5, 5.41) is 0. The maximum absolute atomic E-state index is 6.29. The third-order valence-corrected chi connectivity index (χ3v) is 3.59. The first-order chi connectivity index (χ1) is 7.10. The lowest BCUT2D eigenvalue weighted by molar-refractivity contribution is -0.0919. The van der Waals surface area contributed by atoms with Gasteiger partial charge < -0.3 is 15.2 Å². The zero-order valence-corrected chi connectivity index (χ0v) is 10.3. The molecule has 0 amide bonds. The van der Waals surface area contributed by atoms with E-state index >= 15 is 0 Å². The van der Waals surface area contributed by atoms with Crippen LogP contribution in [0, 0.1) is 5.92 Å². The molecule has 0 spiro atoms. The topological polar surface area (TPSA) is 44.5 Å². The van der Waals surface area contributed by atoms with Crippen LogP contribution < -0.4 is 5.73 Å². The van der Waals surface area contributed by atoms with Gasteiger partial charge in [0.05, 0.1) is 5.60 Å². The van der Waals surface area contributed by atoms with Crippen molar-refractivity contribution in [3.63, 3.8) is 0 Å². The molecule has 0 aliphatic carbocycles.